The summed E-state index contributed by atoms with van der Waals surface area (Å²) in [6.45, 7) is 5.42. The lowest BCUT2D eigenvalue weighted by Crippen LogP contribution is -2.17. The molecule has 1 aliphatic carbocycles. The van der Waals surface area contributed by atoms with E-state index in [2.05, 4.69) is 23.4 Å². The quantitative estimate of drug-likeness (QED) is 0.823. The molecule has 1 fully saturated rings. The second-order valence-corrected chi connectivity index (χ2v) is 4.81. The zero-order valence-corrected chi connectivity index (χ0v) is 9.69. The van der Waals surface area contributed by atoms with Crippen molar-refractivity contribution in [1.82, 2.24) is 9.55 Å². The highest BCUT2D eigenvalue weighted by Crippen LogP contribution is 2.40. The lowest BCUT2D eigenvalue weighted by molar-refractivity contribution is 0.347. The minimum atomic E-state index is 0.643. The van der Waals surface area contributed by atoms with Gasteiger partial charge >= 0.3 is 0 Å². The molecule has 3 nitrogen and oxygen atoms in total. The fourth-order valence-corrected chi connectivity index (χ4v) is 2.70. The third kappa shape index (κ3) is 1.93. The number of hydrogen-bond acceptors (Lipinski definition) is 2. The van der Waals surface area contributed by atoms with Crippen LogP contribution in [-0.4, -0.2) is 16.1 Å². The van der Waals surface area contributed by atoms with Crippen molar-refractivity contribution in [3.63, 3.8) is 0 Å². The van der Waals surface area contributed by atoms with Crippen LogP contribution < -0.4 is 5.73 Å². The first-order valence-corrected chi connectivity index (χ1v) is 5.94. The second kappa shape index (κ2) is 4.35. The van der Waals surface area contributed by atoms with Crippen LogP contribution in [-0.2, 0) is 6.42 Å². The minimum absolute atomic E-state index is 0.643. The van der Waals surface area contributed by atoms with Crippen molar-refractivity contribution < 1.29 is 0 Å². The fraction of sp³-hybridized carbons (Fsp3) is 0.750. The van der Waals surface area contributed by atoms with Gasteiger partial charge in [-0.3, -0.25) is 0 Å². The van der Waals surface area contributed by atoms with Gasteiger partial charge in [0, 0.05) is 24.4 Å². The minimum Gasteiger partial charge on any atom is -0.331 e. The topological polar surface area (TPSA) is 43.8 Å². The van der Waals surface area contributed by atoms with Crippen LogP contribution in [0.2, 0.25) is 0 Å². The van der Waals surface area contributed by atoms with Crippen molar-refractivity contribution in [2.75, 3.05) is 6.54 Å². The summed E-state index contributed by atoms with van der Waals surface area (Å²) in [5.74, 6) is 1.60. The molecule has 15 heavy (non-hydrogen) atoms. The van der Waals surface area contributed by atoms with Crippen LogP contribution in [0.5, 0.6) is 0 Å². The van der Waals surface area contributed by atoms with Gasteiger partial charge in [-0.15, -0.1) is 0 Å². The van der Waals surface area contributed by atoms with Crippen molar-refractivity contribution in [2.45, 2.75) is 39.2 Å². The van der Waals surface area contributed by atoms with Gasteiger partial charge in [-0.25, -0.2) is 4.98 Å². The van der Waals surface area contributed by atoms with Gasteiger partial charge in [-0.1, -0.05) is 13.8 Å². The summed E-state index contributed by atoms with van der Waals surface area (Å²) >= 11 is 0. The summed E-state index contributed by atoms with van der Waals surface area (Å²) in [5, 5.41) is 0. The Morgan fingerprint density at radius 3 is 2.87 bits per heavy atom. The Morgan fingerprint density at radius 1 is 1.47 bits per heavy atom. The number of nitrogens with two attached hydrogens (primary N) is 1. The smallest absolute Gasteiger partial charge is 0.0950 e. The summed E-state index contributed by atoms with van der Waals surface area (Å²) in [6.07, 6.45) is 7.51. The number of imidazole rings is 1. The van der Waals surface area contributed by atoms with Crippen molar-refractivity contribution in [2.24, 2.45) is 17.6 Å². The Hall–Kier alpha value is -0.830. The molecule has 3 atom stereocenters. The van der Waals surface area contributed by atoms with Gasteiger partial charge in [-0.2, -0.15) is 0 Å². The predicted octanol–water partition coefficient (Wildman–Crippen LogP) is 1.99. The van der Waals surface area contributed by atoms with E-state index in [1.54, 1.807) is 0 Å². The van der Waals surface area contributed by atoms with Crippen LogP contribution in [0.1, 0.15) is 38.4 Å². The molecule has 1 saturated carbocycles. The summed E-state index contributed by atoms with van der Waals surface area (Å²) < 4.78 is 2.35. The summed E-state index contributed by atoms with van der Waals surface area (Å²) in [5.41, 5.74) is 6.90. The van der Waals surface area contributed by atoms with Crippen molar-refractivity contribution >= 4 is 0 Å². The molecule has 0 radical (unpaired) electrons. The molecule has 0 aromatic carbocycles. The molecular weight excluding hydrogens is 186 g/mol. The highest BCUT2D eigenvalue weighted by atomic mass is 15.1. The average Bonchev–Trinajstić information content (AvgIpc) is 2.77. The molecule has 0 bridgehead atoms. The van der Waals surface area contributed by atoms with E-state index in [-0.39, 0.29) is 0 Å². The van der Waals surface area contributed by atoms with Gasteiger partial charge < -0.3 is 10.3 Å². The van der Waals surface area contributed by atoms with Crippen LogP contribution in [0.3, 0.4) is 0 Å². The highest BCUT2D eigenvalue weighted by Gasteiger charge is 2.31. The van der Waals surface area contributed by atoms with Crippen molar-refractivity contribution in [3.8, 4) is 0 Å². The lowest BCUT2D eigenvalue weighted by Gasteiger charge is -2.21. The molecule has 0 spiro atoms. The van der Waals surface area contributed by atoms with Crippen LogP contribution in [0, 0.1) is 11.8 Å². The van der Waals surface area contributed by atoms with Crippen LogP contribution >= 0.6 is 0 Å². The first-order valence-electron chi connectivity index (χ1n) is 5.94. The molecule has 0 aliphatic heterocycles. The number of hydrogen-bond donors (Lipinski definition) is 1. The Morgan fingerprint density at radius 2 is 2.27 bits per heavy atom. The molecule has 0 amide bonds. The third-order valence-corrected chi connectivity index (χ3v) is 3.93. The summed E-state index contributed by atoms with van der Waals surface area (Å²) in [4.78, 5) is 4.25. The van der Waals surface area contributed by atoms with E-state index in [1.165, 1.54) is 18.5 Å². The molecular formula is C12H21N3. The van der Waals surface area contributed by atoms with Crippen molar-refractivity contribution in [3.05, 3.63) is 18.2 Å². The number of aromatic nitrogens is 2. The Bertz CT molecular complexity index is 318. The van der Waals surface area contributed by atoms with E-state index in [1.807, 2.05) is 12.5 Å². The maximum absolute atomic E-state index is 5.61. The number of rotatable bonds is 3. The van der Waals surface area contributed by atoms with Crippen LogP contribution in [0.25, 0.3) is 0 Å². The zero-order chi connectivity index (χ0) is 10.8. The van der Waals surface area contributed by atoms with E-state index in [0.29, 0.717) is 12.6 Å². The summed E-state index contributed by atoms with van der Waals surface area (Å²) in [6, 6.07) is 0.643. The van der Waals surface area contributed by atoms with E-state index in [0.717, 1.165) is 18.3 Å². The lowest BCUT2D eigenvalue weighted by atomic mass is 9.97. The van der Waals surface area contributed by atoms with Crippen molar-refractivity contribution in [1.29, 1.82) is 0 Å². The SMILES string of the molecule is CC1CCC(n2cncc2CCN)C1C. The largest absolute Gasteiger partial charge is 0.331 e. The summed E-state index contributed by atoms with van der Waals surface area (Å²) in [7, 11) is 0. The van der Waals surface area contributed by atoms with E-state index in [9.17, 15) is 0 Å². The van der Waals surface area contributed by atoms with Gasteiger partial charge in [0.2, 0.25) is 0 Å². The zero-order valence-electron chi connectivity index (χ0n) is 9.69. The molecule has 2 rings (SSSR count). The molecule has 1 aromatic heterocycles. The average molecular weight is 207 g/mol. The molecule has 3 heteroatoms. The van der Waals surface area contributed by atoms with E-state index >= 15 is 0 Å². The Kier molecular flexibility index (Phi) is 3.10. The Labute approximate surface area is 91.7 Å². The first-order chi connectivity index (χ1) is 7.24. The van der Waals surface area contributed by atoms with Gasteiger partial charge in [0.25, 0.3) is 0 Å². The van der Waals surface area contributed by atoms with Gasteiger partial charge in [0.05, 0.1) is 6.33 Å². The maximum atomic E-state index is 5.61. The van der Waals surface area contributed by atoms with Crippen LogP contribution in [0.15, 0.2) is 12.5 Å². The second-order valence-electron chi connectivity index (χ2n) is 4.81. The molecule has 1 heterocycles. The first kappa shape index (κ1) is 10.7. The monoisotopic (exact) mass is 207 g/mol. The molecule has 3 unspecified atom stereocenters. The molecule has 0 saturated heterocycles. The molecule has 1 aromatic rings. The highest BCUT2D eigenvalue weighted by molar-refractivity contribution is 5.03. The molecule has 1 aliphatic rings. The van der Waals surface area contributed by atoms with Gasteiger partial charge in [0.15, 0.2) is 0 Å². The number of nitrogens with zero attached hydrogens (tertiary/aromatic N) is 2. The fourth-order valence-electron chi connectivity index (χ4n) is 2.70. The third-order valence-electron chi connectivity index (χ3n) is 3.93. The molecule has 2 N–H and O–H groups in total. The predicted molar refractivity (Wildman–Crippen MR) is 61.6 cm³/mol. The molecule has 84 valence electrons. The van der Waals surface area contributed by atoms with Gasteiger partial charge in [-0.05, 0) is 31.2 Å². The maximum Gasteiger partial charge on any atom is 0.0950 e. The standard InChI is InChI=1S/C12H21N3/c1-9-3-4-12(10(9)2)15-8-14-7-11(15)5-6-13/h7-10,12H,3-6,13H2,1-2H3. The van der Waals surface area contributed by atoms with E-state index in [4.69, 9.17) is 5.73 Å². The van der Waals surface area contributed by atoms with Crippen LogP contribution in [0.4, 0.5) is 0 Å². The van der Waals surface area contributed by atoms with E-state index < -0.39 is 0 Å². The normalized spacial score (nSPS) is 31.0. The van der Waals surface area contributed by atoms with Gasteiger partial charge in [0.1, 0.15) is 0 Å². The Balaban J connectivity index is 2.18.